The molecule has 0 radical (unpaired) electrons. The van der Waals surface area contributed by atoms with E-state index in [1.54, 1.807) is 0 Å². The highest BCUT2D eigenvalue weighted by molar-refractivity contribution is 14.1. The Morgan fingerprint density at radius 2 is 1.74 bits per heavy atom. The minimum atomic E-state index is -0.149. The molecule has 0 aliphatic heterocycles. The predicted octanol–water partition coefficient (Wildman–Crippen LogP) is 4.52. The maximum absolute atomic E-state index is 6.08. The lowest BCUT2D eigenvalue weighted by Crippen LogP contribution is -2.29. The number of hydrogen-bond acceptors (Lipinski definition) is 2. The van der Waals surface area contributed by atoms with E-state index in [0.29, 0.717) is 0 Å². The van der Waals surface area contributed by atoms with Gasteiger partial charge in [-0.3, -0.25) is 0 Å². The second kappa shape index (κ2) is 6.72. The minimum Gasteiger partial charge on any atom is -0.483 e. The molecule has 0 fully saturated rings. The molecule has 2 N–H and O–H groups in total. The molecule has 0 heterocycles. The van der Waals surface area contributed by atoms with Crippen molar-refractivity contribution in [2.45, 2.75) is 19.1 Å². The summed E-state index contributed by atoms with van der Waals surface area (Å²) < 4.78 is 8.22. The van der Waals surface area contributed by atoms with E-state index in [4.69, 9.17) is 10.5 Å². The summed E-state index contributed by atoms with van der Waals surface area (Å²) in [5, 5.41) is 0. The summed E-state index contributed by atoms with van der Waals surface area (Å²) in [4.78, 5) is 0. The lowest BCUT2D eigenvalue weighted by atomic mass is 10.0. The molecule has 100 valence electrons. The average Bonchev–Trinajstić information content (AvgIpc) is 2.39. The monoisotopic (exact) mass is 431 g/mol. The van der Waals surface area contributed by atoms with Crippen LogP contribution in [0, 0.1) is 3.57 Å². The van der Waals surface area contributed by atoms with Crippen LogP contribution in [-0.2, 0) is 0 Å². The van der Waals surface area contributed by atoms with E-state index in [1.165, 1.54) is 0 Å². The maximum atomic E-state index is 6.08. The van der Waals surface area contributed by atoms with E-state index in [9.17, 15) is 0 Å². The Morgan fingerprint density at radius 3 is 2.32 bits per heavy atom. The lowest BCUT2D eigenvalue weighted by molar-refractivity contribution is 0.179. The number of halogens is 2. The van der Waals surface area contributed by atoms with Gasteiger partial charge in [-0.05, 0) is 59.3 Å². The Kier molecular flexibility index (Phi) is 5.24. The van der Waals surface area contributed by atoms with Gasteiger partial charge in [0.15, 0.2) is 0 Å². The number of ether oxygens (including phenoxy) is 1. The highest BCUT2D eigenvalue weighted by Crippen LogP contribution is 2.28. The van der Waals surface area contributed by atoms with Crippen molar-refractivity contribution in [3.05, 3.63) is 62.1 Å². The van der Waals surface area contributed by atoms with Gasteiger partial charge in [-0.1, -0.05) is 40.2 Å². The van der Waals surface area contributed by atoms with Crippen molar-refractivity contribution in [2.24, 2.45) is 5.73 Å². The topological polar surface area (TPSA) is 35.2 Å². The zero-order valence-electron chi connectivity index (χ0n) is 10.5. The number of benzene rings is 2. The van der Waals surface area contributed by atoms with Gasteiger partial charge in [0.05, 0.1) is 3.57 Å². The van der Waals surface area contributed by atoms with E-state index in [1.807, 2.05) is 55.5 Å². The molecule has 0 aliphatic carbocycles. The Labute approximate surface area is 135 Å². The molecule has 0 spiro atoms. The molecule has 0 saturated heterocycles. The fourth-order valence-electron chi connectivity index (χ4n) is 1.81. The van der Waals surface area contributed by atoms with Crippen LogP contribution in [-0.4, -0.2) is 6.04 Å². The van der Waals surface area contributed by atoms with Crippen molar-refractivity contribution in [1.82, 2.24) is 0 Å². The van der Waals surface area contributed by atoms with Gasteiger partial charge in [0.1, 0.15) is 11.9 Å². The van der Waals surface area contributed by atoms with Gasteiger partial charge in [-0.25, -0.2) is 0 Å². The van der Waals surface area contributed by atoms with Crippen LogP contribution in [0.1, 0.15) is 18.6 Å². The molecule has 0 aromatic heterocycles. The van der Waals surface area contributed by atoms with E-state index in [-0.39, 0.29) is 12.1 Å². The quantitative estimate of drug-likeness (QED) is 0.722. The molecule has 0 bridgehead atoms. The van der Waals surface area contributed by atoms with Crippen LogP contribution in [0.4, 0.5) is 0 Å². The number of nitrogens with two attached hydrogens (primary N) is 1. The van der Waals surface area contributed by atoms with Gasteiger partial charge >= 0.3 is 0 Å². The van der Waals surface area contributed by atoms with Crippen molar-refractivity contribution in [2.75, 3.05) is 0 Å². The molecular formula is C15H15BrINO. The number of hydrogen-bond donors (Lipinski definition) is 1. The second-order valence-electron chi connectivity index (χ2n) is 4.38. The zero-order chi connectivity index (χ0) is 13.8. The molecule has 0 aliphatic rings. The van der Waals surface area contributed by atoms with Crippen molar-refractivity contribution in [3.63, 3.8) is 0 Å². The SMILES string of the molecule is CC(N)C(Oc1ccccc1I)c1ccc(Br)cc1. The molecule has 19 heavy (non-hydrogen) atoms. The zero-order valence-corrected chi connectivity index (χ0v) is 14.3. The van der Waals surface area contributed by atoms with Gasteiger partial charge < -0.3 is 10.5 Å². The van der Waals surface area contributed by atoms with Crippen molar-refractivity contribution >= 4 is 38.5 Å². The van der Waals surface area contributed by atoms with Gasteiger partial charge in [0.2, 0.25) is 0 Å². The van der Waals surface area contributed by atoms with Crippen LogP contribution in [0.3, 0.4) is 0 Å². The molecule has 2 unspecified atom stereocenters. The second-order valence-corrected chi connectivity index (χ2v) is 6.46. The largest absolute Gasteiger partial charge is 0.483 e. The third kappa shape index (κ3) is 3.94. The Balaban J connectivity index is 2.26. The van der Waals surface area contributed by atoms with Gasteiger partial charge in [-0.2, -0.15) is 0 Å². The molecule has 2 aromatic rings. The molecule has 0 saturated carbocycles. The molecule has 4 heteroatoms. The van der Waals surface area contributed by atoms with E-state index in [2.05, 4.69) is 38.5 Å². The standard InChI is InChI=1S/C15H15BrINO/c1-10(18)15(11-6-8-12(16)9-7-11)19-14-5-3-2-4-13(14)17/h2-10,15H,18H2,1H3. The highest BCUT2D eigenvalue weighted by atomic mass is 127. The summed E-state index contributed by atoms with van der Waals surface area (Å²) in [6.07, 6.45) is -0.149. The first-order valence-corrected chi connectivity index (χ1v) is 7.87. The predicted molar refractivity (Wildman–Crippen MR) is 90.3 cm³/mol. The minimum absolute atomic E-state index is 0.0859. The summed E-state index contributed by atoms with van der Waals surface area (Å²) in [5.74, 6) is 0.869. The Bertz CT molecular complexity index is 542. The molecule has 2 aromatic carbocycles. The molecular weight excluding hydrogens is 417 g/mol. The van der Waals surface area contributed by atoms with Crippen LogP contribution >= 0.6 is 38.5 Å². The first-order chi connectivity index (χ1) is 9.08. The smallest absolute Gasteiger partial charge is 0.139 e. The Hall–Kier alpha value is -0.590. The Morgan fingerprint density at radius 1 is 1.11 bits per heavy atom. The van der Waals surface area contributed by atoms with Crippen LogP contribution < -0.4 is 10.5 Å². The van der Waals surface area contributed by atoms with Crippen LogP contribution in [0.15, 0.2) is 53.0 Å². The fraction of sp³-hybridized carbons (Fsp3) is 0.200. The normalized spacial score (nSPS) is 13.9. The number of rotatable bonds is 4. The van der Waals surface area contributed by atoms with Crippen molar-refractivity contribution < 1.29 is 4.74 Å². The third-order valence-electron chi connectivity index (χ3n) is 2.77. The van der Waals surface area contributed by atoms with Crippen molar-refractivity contribution in [1.29, 1.82) is 0 Å². The molecule has 2 atom stereocenters. The van der Waals surface area contributed by atoms with E-state index in [0.717, 1.165) is 19.4 Å². The third-order valence-corrected chi connectivity index (χ3v) is 4.19. The van der Waals surface area contributed by atoms with Gasteiger partial charge in [0, 0.05) is 10.5 Å². The maximum Gasteiger partial charge on any atom is 0.139 e. The van der Waals surface area contributed by atoms with Gasteiger partial charge in [0.25, 0.3) is 0 Å². The van der Waals surface area contributed by atoms with Crippen LogP contribution in [0.2, 0.25) is 0 Å². The summed E-state index contributed by atoms with van der Waals surface area (Å²) in [5.41, 5.74) is 7.15. The summed E-state index contributed by atoms with van der Waals surface area (Å²) in [6, 6.07) is 15.9. The summed E-state index contributed by atoms with van der Waals surface area (Å²) >= 11 is 5.71. The molecule has 2 rings (SSSR count). The molecule has 0 amide bonds. The molecule has 2 nitrogen and oxygen atoms in total. The highest BCUT2D eigenvalue weighted by Gasteiger charge is 2.19. The first-order valence-electron chi connectivity index (χ1n) is 6.00. The van der Waals surface area contributed by atoms with Crippen LogP contribution in [0.25, 0.3) is 0 Å². The van der Waals surface area contributed by atoms with Crippen molar-refractivity contribution in [3.8, 4) is 5.75 Å². The summed E-state index contributed by atoms with van der Waals surface area (Å²) in [7, 11) is 0. The first kappa shape index (κ1) is 14.8. The lowest BCUT2D eigenvalue weighted by Gasteiger charge is -2.23. The fourth-order valence-corrected chi connectivity index (χ4v) is 2.59. The summed E-state index contributed by atoms with van der Waals surface area (Å²) in [6.45, 7) is 1.96. The van der Waals surface area contributed by atoms with E-state index < -0.39 is 0 Å². The van der Waals surface area contributed by atoms with E-state index >= 15 is 0 Å². The van der Waals surface area contributed by atoms with Gasteiger partial charge in [-0.15, -0.1) is 0 Å². The van der Waals surface area contributed by atoms with Crippen LogP contribution in [0.5, 0.6) is 5.75 Å². The number of para-hydroxylation sites is 1. The average molecular weight is 432 g/mol.